The standard InChI is InChI=1S/C20H26N2O2.ClH/c1-15(2)24-18-10-8-16(9-11-18)12-13-22-20(23)19(14-21)17-6-4-3-5-7-17;/h3-11,15,19H,12-14,21H2,1-2H3,(H,22,23);1H. The zero-order chi connectivity index (χ0) is 17.4. The molecule has 0 saturated carbocycles. The smallest absolute Gasteiger partial charge is 0.228 e. The van der Waals surface area contributed by atoms with Crippen LogP contribution in [0.25, 0.3) is 0 Å². The van der Waals surface area contributed by atoms with Crippen molar-refractivity contribution in [3.05, 3.63) is 65.7 Å². The molecule has 1 unspecified atom stereocenters. The predicted octanol–water partition coefficient (Wildman–Crippen LogP) is 3.30. The molecule has 2 aromatic rings. The molecule has 0 aliphatic rings. The SMILES string of the molecule is CC(C)Oc1ccc(CCNC(=O)C(CN)c2ccccc2)cc1.Cl. The summed E-state index contributed by atoms with van der Waals surface area (Å²) in [4.78, 5) is 12.3. The van der Waals surface area contributed by atoms with Gasteiger partial charge in [-0.2, -0.15) is 0 Å². The Morgan fingerprint density at radius 1 is 1.08 bits per heavy atom. The Morgan fingerprint density at radius 2 is 1.72 bits per heavy atom. The topological polar surface area (TPSA) is 64.3 Å². The Morgan fingerprint density at radius 3 is 2.28 bits per heavy atom. The van der Waals surface area contributed by atoms with Crippen molar-refractivity contribution < 1.29 is 9.53 Å². The fourth-order valence-corrected chi connectivity index (χ4v) is 2.54. The number of nitrogens with one attached hydrogen (secondary N) is 1. The molecule has 0 aliphatic carbocycles. The summed E-state index contributed by atoms with van der Waals surface area (Å²) in [6.07, 6.45) is 0.945. The lowest BCUT2D eigenvalue weighted by atomic mass is 9.98. The largest absolute Gasteiger partial charge is 0.491 e. The fourth-order valence-electron chi connectivity index (χ4n) is 2.54. The molecule has 2 rings (SSSR count). The van der Waals surface area contributed by atoms with Gasteiger partial charge in [0.05, 0.1) is 12.0 Å². The molecule has 0 aliphatic heterocycles. The van der Waals surface area contributed by atoms with E-state index in [1.807, 2.05) is 68.4 Å². The summed E-state index contributed by atoms with van der Waals surface area (Å²) in [6.45, 7) is 4.90. The second-order valence-electron chi connectivity index (χ2n) is 6.05. The van der Waals surface area contributed by atoms with Gasteiger partial charge < -0.3 is 15.8 Å². The number of amides is 1. The molecule has 0 heterocycles. The van der Waals surface area contributed by atoms with Crippen molar-refractivity contribution >= 4 is 18.3 Å². The van der Waals surface area contributed by atoms with Gasteiger partial charge in [0.2, 0.25) is 5.91 Å². The van der Waals surface area contributed by atoms with Gasteiger partial charge >= 0.3 is 0 Å². The van der Waals surface area contributed by atoms with Crippen molar-refractivity contribution in [2.45, 2.75) is 32.3 Å². The first-order valence-electron chi connectivity index (χ1n) is 8.38. The maximum atomic E-state index is 12.3. The van der Waals surface area contributed by atoms with Crippen molar-refractivity contribution in [3.8, 4) is 5.75 Å². The fraction of sp³-hybridized carbons (Fsp3) is 0.350. The molecular formula is C20H27ClN2O2. The quantitative estimate of drug-likeness (QED) is 0.757. The van der Waals surface area contributed by atoms with Gasteiger partial charge in [0.1, 0.15) is 5.75 Å². The van der Waals surface area contributed by atoms with E-state index in [2.05, 4.69) is 5.32 Å². The lowest BCUT2D eigenvalue weighted by molar-refractivity contribution is -0.122. The lowest BCUT2D eigenvalue weighted by Crippen LogP contribution is -2.34. The molecule has 3 N–H and O–H groups in total. The van der Waals surface area contributed by atoms with Crippen LogP contribution in [-0.2, 0) is 11.2 Å². The average molecular weight is 363 g/mol. The minimum atomic E-state index is -0.298. The summed E-state index contributed by atoms with van der Waals surface area (Å²) in [5, 5.41) is 2.98. The first-order valence-corrected chi connectivity index (χ1v) is 8.38. The van der Waals surface area contributed by atoms with E-state index < -0.39 is 0 Å². The molecule has 0 bridgehead atoms. The van der Waals surface area contributed by atoms with Gasteiger partial charge in [0.25, 0.3) is 0 Å². The molecule has 0 aromatic heterocycles. The van der Waals surface area contributed by atoms with Gasteiger partial charge in [-0.3, -0.25) is 4.79 Å². The van der Waals surface area contributed by atoms with Crippen LogP contribution >= 0.6 is 12.4 Å². The summed E-state index contributed by atoms with van der Waals surface area (Å²) in [5.41, 5.74) is 7.88. The minimum absolute atomic E-state index is 0. The summed E-state index contributed by atoms with van der Waals surface area (Å²) >= 11 is 0. The molecule has 5 heteroatoms. The highest BCUT2D eigenvalue weighted by atomic mass is 35.5. The number of carbonyl (C=O) groups is 1. The van der Waals surface area contributed by atoms with Crippen LogP contribution in [-0.4, -0.2) is 25.1 Å². The zero-order valence-corrected chi connectivity index (χ0v) is 15.6. The first-order chi connectivity index (χ1) is 11.6. The van der Waals surface area contributed by atoms with E-state index in [1.54, 1.807) is 0 Å². The summed E-state index contributed by atoms with van der Waals surface area (Å²) < 4.78 is 5.62. The van der Waals surface area contributed by atoms with E-state index in [-0.39, 0.29) is 30.3 Å². The maximum Gasteiger partial charge on any atom is 0.228 e. The first kappa shape index (κ1) is 21.0. The second kappa shape index (κ2) is 10.7. The van der Waals surface area contributed by atoms with Gasteiger partial charge in [-0.1, -0.05) is 42.5 Å². The lowest BCUT2D eigenvalue weighted by Gasteiger charge is -2.15. The van der Waals surface area contributed by atoms with E-state index in [1.165, 1.54) is 0 Å². The Hall–Kier alpha value is -2.04. The summed E-state index contributed by atoms with van der Waals surface area (Å²) in [6, 6.07) is 17.6. The number of halogens is 1. The Kier molecular flexibility index (Phi) is 9.03. The van der Waals surface area contributed by atoms with Gasteiger partial charge in [0.15, 0.2) is 0 Å². The third-order valence-electron chi connectivity index (χ3n) is 3.76. The average Bonchev–Trinajstić information content (AvgIpc) is 2.58. The summed E-state index contributed by atoms with van der Waals surface area (Å²) in [7, 11) is 0. The Labute approximate surface area is 156 Å². The number of nitrogens with two attached hydrogens (primary N) is 1. The Bertz CT molecular complexity index is 630. The number of rotatable bonds is 8. The molecule has 2 aromatic carbocycles. The third kappa shape index (κ3) is 6.77. The highest BCUT2D eigenvalue weighted by Gasteiger charge is 2.18. The molecule has 0 fully saturated rings. The molecule has 1 amide bonds. The highest BCUT2D eigenvalue weighted by molar-refractivity contribution is 5.85. The number of hydrogen-bond donors (Lipinski definition) is 2. The predicted molar refractivity (Wildman–Crippen MR) is 104 cm³/mol. The maximum absolute atomic E-state index is 12.3. The van der Waals surface area contributed by atoms with Crippen LogP contribution in [0.15, 0.2) is 54.6 Å². The number of hydrogen-bond acceptors (Lipinski definition) is 3. The number of carbonyl (C=O) groups excluding carboxylic acids is 1. The van der Waals surface area contributed by atoms with Gasteiger partial charge in [-0.15, -0.1) is 12.4 Å². The van der Waals surface area contributed by atoms with Crippen molar-refractivity contribution in [1.29, 1.82) is 0 Å². The zero-order valence-electron chi connectivity index (χ0n) is 14.8. The second-order valence-corrected chi connectivity index (χ2v) is 6.05. The third-order valence-corrected chi connectivity index (χ3v) is 3.76. The molecule has 1 atom stereocenters. The van der Waals surface area contributed by atoms with Gasteiger partial charge in [0, 0.05) is 13.1 Å². The Balaban J connectivity index is 0.00000312. The highest BCUT2D eigenvalue weighted by Crippen LogP contribution is 2.15. The van der Waals surface area contributed by atoms with Gasteiger partial charge in [-0.25, -0.2) is 0 Å². The normalized spacial score (nSPS) is 11.5. The van der Waals surface area contributed by atoms with Crippen LogP contribution in [0, 0.1) is 0 Å². The summed E-state index contributed by atoms with van der Waals surface area (Å²) in [5.74, 6) is 0.543. The number of benzene rings is 2. The van der Waals surface area contributed by atoms with Crippen LogP contribution in [0.5, 0.6) is 5.75 Å². The molecule has 25 heavy (non-hydrogen) atoms. The van der Waals surface area contributed by atoms with Crippen molar-refractivity contribution in [2.24, 2.45) is 5.73 Å². The van der Waals surface area contributed by atoms with Crippen LogP contribution in [0.4, 0.5) is 0 Å². The van der Waals surface area contributed by atoms with Crippen molar-refractivity contribution in [1.82, 2.24) is 5.32 Å². The van der Waals surface area contributed by atoms with E-state index in [0.717, 1.165) is 23.3 Å². The van der Waals surface area contributed by atoms with Crippen LogP contribution in [0.1, 0.15) is 30.9 Å². The molecular weight excluding hydrogens is 336 g/mol. The van der Waals surface area contributed by atoms with E-state index in [9.17, 15) is 4.79 Å². The van der Waals surface area contributed by atoms with E-state index >= 15 is 0 Å². The molecule has 0 saturated heterocycles. The minimum Gasteiger partial charge on any atom is -0.491 e. The van der Waals surface area contributed by atoms with Gasteiger partial charge in [-0.05, 0) is 43.5 Å². The molecule has 0 radical (unpaired) electrons. The molecule has 0 spiro atoms. The van der Waals surface area contributed by atoms with Crippen molar-refractivity contribution in [3.63, 3.8) is 0 Å². The number of ether oxygens (including phenoxy) is 1. The molecule has 136 valence electrons. The van der Waals surface area contributed by atoms with Crippen LogP contribution in [0.3, 0.4) is 0 Å². The van der Waals surface area contributed by atoms with Crippen LogP contribution < -0.4 is 15.8 Å². The van der Waals surface area contributed by atoms with E-state index in [0.29, 0.717) is 13.1 Å². The molecule has 4 nitrogen and oxygen atoms in total. The van der Waals surface area contributed by atoms with Crippen molar-refractivity contribution in [2.75, 3.05) is 13.1 Å². The monoisotopic (exact) mass is 362 g/mol. The van der Waals surface area contributed by atoms with E-state index in [4.69, 9.17) is 10.5 Å². The van der Waals surface area contributed by atoms with Crippen LogP contribution in [0.2, 0.25) is 0 Å².